The van der Waals surface area contributed by atoms with E-state index < -0.39 is 10.0 Å². The van der Waals surface area contributed by atoms with Crippen molar-refractivity contribution in [3.8, 4) is 0 Å². The summed E-state index contributed by atoms with van der Waals surface area (Å²) in [5.74, 6) is 0.867. The van der Waals surface area contributed by atoms with Gasteiger partial charge in [-0.05, 0) is 40.0 Å². The zero-order valence-electron chi connectivity index (χ0n) is 17.2. The van der Waals surface area contributed by atoms with Crippen LogP contribution in [0, 0.1) is 0 Å². The Morgan fingerprint density at radius 2 is 1.75 bits per heavy atom. The molecular formula is C19H31N6O2S+. The summed E-state index contributed by atoms with van der Waals surface area (Å²) in [7, 11) is -3.45. The number of benzene rings is 1. The van der Waals surface area contributed by atoms with Gasteiger partial charge in [0.05, 0.1) is 31.1 Å². The molecule has 1 aromatic carbocycles. The Bertz CT molecular complexity index is 878. The molecule has 2 heterocycles. The molecule has 0 amide bonds. The number of quaternary nitrogens is 1. The number of rotatable bonds is 6. The van der Waals surface area contributed by atoms with Crippen molar-refractivity contribution in [1.82, 2.24) is 24.5 Å². The Morgan fingerprint density at radius 1 is 1.11 bits per heavy atom. The van der Waals surface area contributed by atoms with Crippen molar-refractivity contribution in [2.24, 2.45) is 0 Å². The minimum absolute atomic E-state index is 0.00443. The molecule has 1 fully saturated rings. The predicted octanol–water partition coefficient (Wildman–Crippen LogP) is 0.470. The zero-order valence-corrected chi connectivity index (χ0v) is 18.0. The first kappa shape index (κ1) is 20.9. The first-order valence-electron chi connectivity index (χ1n) is 9.91. The third-order valence-electron chi connectivity index (χ3n) is 5.24. The van der Waals surface area contributed by atoms with Gasteiger partial charge < -0.3 is 4.90 Å². The molecular weight excluding hydrogens is 376 g/mol. The molecule has 0 aliphatic carbocycles. The summed E-state index contributed by atoms with van der Waals surface area (Å²) in [6.45, 7) is 12.5. The maximum atomic E-state index is 13.0. The molecule has 1 N–H and O–H groups in total. The number of aromatic nitrogens is 4. The highest BCUT2D eigenvalue weighted by Gasteiger charge is 2.31. The molecule has 0 spiro atoms. The summed E-state index contributed by atoms with van der Waals surface area (Å²) in [6.07, 6.45) is 0.980. The van der Waals surface area contributed by atoms with E-state index >= 15 is 0 Å². The lowest BCUT2D eigenvalue weighted by Gasteiger charge is -2.31. The lowest BCUT2D eigenvalue weighted by atomic mass is 9.87. The fourth-order valence-corrected chi connectivity index (χ4v) is 4.90. The van der Waals surface area contributed by atoms with E-state index in [1.807, 2.05) is 16.8 Å². The Morgan fingerprint density at radius 3 is 2.32 bits per heavy atom. The van der Waals surface area contributed by atoms with E-state index in [0.29, 0.717) is 18.0 Å². The molecule has 0 atom stereocenters. The molecule has 3 rings (SSSR count). The van der Waals surface area contributed by atoms with Gasteiger partial charge in [-0.3, -0.25) is 0 Å². The third-order valence-corrected chi connectivity index (χ3v) is 7.15. The van der Waals surface area contributed by atoms with Crippen molar-refractivity contribution in [3.05, 3.63) is 35.7 Å². The van der Waals surface area contributed by atoms with Crippen molar-refractivity contribution < 1.29 is 13.3 Å². The minimum Gasteiger partial charge on any atom is -0.326 e. The average molecular weight is 408 g/mol. The van der Waals surface area contributed by atoms with Crippen molar-refractivity contribution in [1.29, 1.82) is 0 Å². The van der Waals surface area contributed by atoms with Gasteiger partial charge in [0.15, 0.2) is 0 Å². The van der Waals surface area contributed by atoms with Gasteiger partial charge in [0.1, 0.15) is 6.54 Å². The van der Waals surface area contributed by atoms with Crippen molar-refractivity contribution in [2.45, 2.75) is 57.5 Å². The number of tetrazole rings is 1. The second-order valence-corrected chi connectivity index (χ2v) is 10.4. The molecule has 1 aromatic heterocycles. The Hall–Kier alpha value is -1.84. The Kier molecular flexibility index (Phi) is 6.16. The molecule has 0 saturated carbocycles. The highest BCUT2D eigenvalue weighted by molar-refractivity contribution is 7.89. The molecule has 1 aliphatic heterocycles. The standard InChI is InChI=1S/C19H30N6O2S/c1-5-10-25-18(20-21-22-25)15-23-11-13-24(14-12-23)28(26,27)17-8-6-16(7-9-17)19(2,3)4/h6-9H,5,10-15H2,1-4H3/p+1. The van der Waals surface area contributed by atoms with Crippen LogP contribution in [-0.2, 0) is 28.5 Å². The third kappa shape index (κ3) is 4.59. The molecule has 2 aromatic rings. The molecule has 0 unspecified atom stereocenters. The van der Waals surface area contributed by atoms with Crippen LogP contribution in [0.15, 0.2) is 29.2 Å². The topological polar surface area (TPSA) is 85.4 Å². The van der Waals surface area contributed by atoms with E-state index in [-0.39, 0.29) is 5.41 Å². The molecule has 0 bridgehead atoms. The van der Waals surface area contributed by atoms with Crippen LogP contribution in [-0.4, -0.2) is 59.1 Å². The van der Waals surface area contributed by atoms with Gasteiger partial charge in [0, 0.05) is 6.54 Å². The highest BCUT2D eigenvalue weighted by atomic mass is 32.2. The lowest BCUT2D eigenvalue weighted by molar-refractivity contribution is -0.918. The molecule has 0 radical (unpaired) electrons. The van der Waals surface area contributed by atoms with E-state index in [9.17, 15) is 8.42 Å². The van der Waals surface area contributed by atoms with Crippen LogP contribution in [0.2, 0.25) is 0 Å². The SMILES string of the molecule is CCCn1nnnc1C[NH+]1CCN(S(=O)(=O)c2ccc(C(C)(C)C)cc2)CC1. The molecule has 154 valence electrons. The summed E-state index contributed by atoms with van der Waals surface area (Å²) >= 11 is 0. The van der Waals surface area contributed by atoms with Gasteiger partial charge in [-0.25, -0.2) is 13.1 Å². The first-order chi connectivity index (χ1) is 13.2. The second-order valence-electron chi connectivity index (χ2n) is 8.42. The first-order valence-corrected chi connectivity index (χ1v) is 11.3. The van der Waals surface area contributed by atoms with Gasteiger partial charge in [0.25, 0.3) is 0 Å². The van der Waals surface area contributed by atoms with Crippen LogP contribution in [0.25, 0.3) is 0 Å². The molecule has 8 nitrogen and oxygen atoms in total. The lowest BCUT2D eigenvalue weighted by Crippen LogP contribution is -3.13. The van der Waals surface area contributed by atoms with Crippen LogP contribution < -0.4 is 4.90 Å². The monoisotopic (exact) mass is 407 g/mol. The fourth-order valence-electron chi connectivity index (χ4n) is 3.45. The van der Waals surface area contributed by atoms with Crippen LogP contribution in [0.3, 0.4) is 0 Å². The fraction of sp³-hybridized carbons (Fsp3) is 0.632. The average Bonchev–Trinajstić information content (AvgIpc) is 3.09. The molecule has 28 heavy (non-hydrogen) atoms. The van der Waals surface area contributed by atoms with E-state index in [4.69, 9.17) is 0 Å². The van der Waals surface area contributed by atoms with Gasteiger partial charge in [-0.1, -0.05) is 39.8 Å². The number of hydrogen-bond acceptors (Lipinski definition) is 5. The minimum atomic E-state index is -3.45. The number of aryl methyl sites for hydroxylation is 1. The van der Waals surface area contributed by atoms with E-state index in [1.165, 1.54) is 4.90 Å². The van der Waals surface area contributed by atoms with Crippen LogP contribution in [0.4, 0.5) is 0 Å². The number of hydrogen-bond donors (Lipinski definition) is 1. The van der Waals surface area contributed by atoms with E-state index in [0.717, 1.165) is 44.0 Å². The molecule has 1 aliphatic rings. The predicted molar refractivity (Wildman–Crippen MR) is 106 cm³/mol. The molecule has 9 heteroatoms. The van der Waals surface area contributed by atoms with Gasteiger partial charge >= 0.3 is 0 Å². The maximum Gasteiger partial charge on any atom is 0.243 e. The zero-order chi connectivity index (χ0) is 20.4. The van der Waals surface area contributed by atoms with Gasteiger partial charge in [-0.2, -0.15) is 4.31 Å². The number of nitrogens with one attached hydrogen (secondary N) is 1. The number of piperazine rings is 1. The van der Waals surface area contributed by atoms with Gasteiger partial charge in [0.2, 0.25) is 15.8 Å². The van der Waals surface area contributed by atoms with Gasteiger partial charge in [-0.15, -0.1) is 5.10 Å². The van der Waals surface area contributed by atoms with Crippen molar-refractivity contribution >= 4 is 10.0 Å². The molecule has 1 saturated heterocycles. The maximum absolute atomic E-state index is 13.0. The summed E-state index contributed by atoms with van der Waals surface area (Å²) < 4.78 is 29.4. The van der Waals surface area contributed by atoms with E-state index in [2.05, 4.69) is 43.2 Å². The van der Waals surface area contributed by atoms with Crippen molar-refractivity contribution in [3.63, 3.8) is 0 Å². The summed E-state index contributed by atoms with van der Waals surface area (Å²) in [6, 6.07) is 7.30. The smallest absolute Gasteiger partial charge is 0.243 e. The second kappa shape index (κ2) is 8.26. The van der Waals surface area contributed by atoms with Crippen LogP contribution in [0.1, 0.15) is 45.5 Å². The summed E-state index contributed by atoms with van der Waals surface area (Å²) in [4.78, 5) is 1.68. The highest BCUT2D eigenvalue weighted by Crippen LogP contribution is 2.24. The van der Waals surface area contributed by atoms with Crippen LogP contribution >= 0.6 is 0 Å². The summed E-state index contributed by atoms with van der Waals surface area (Å²) in [5.41, 5.74) is 1.13. The Balaban J connectivity index is 1.62. The normalized spacial score (nSPS) is 17.1. The van der Waals surface area contributed by atoms with E-state index in [1.54, 1.807) is 16.4 Å². The van der Waals surface area contributed by atoms with Crippen molar-refractivity contribution in [2.75, 3.05) is 26.2 Å². The van der Waals surface area contributed by atoms with Crippen LogP contribution in [0.5, 0.6) is 0 Å². The Labute approximate surface area is 167 Å². The largest absolute Gasteiger partial charge is 0.326 e. The number of sulfonamides is 1. The summed E-state index contributed by atoms with van der Waals surface area (Å²) in [5, 5.41) is 11.9. The quantitative estimate of drug-likeness (QED) is 0.752. The number of nitrogens with zero attached hydrogens (tertiary/aromatic N) is 5.